The summed E-state index contributed by atoms with van der Waals surface area (Å²) in [5.74, 6) is -0.716. The first kappa shape index (κ1) is 16.1. The van der Waals surface area contributed by atoms with Crippen molar-refractivity contribution in [3.8, 4) is 11.7 Å². The Labute approximate surface area is 138 Å². The summed E-state index contributed by atoms with van der Waals surface area (Å²) in [6.45, 7) is 3.81. The van der Waals surface area contributed by atoms with E-state index in [1.165, 1.54) is 29.0 Å². The van der Waals surface area contributed by atoms with Crippen molar-refractivity contribution < 1.29 is 33.7 Å². The Kier molecular flexibility index (Phi) is 3.85. The highest BCUT2D eigenvalue weighted by atomic mass is 16.7. The van der Waals surface area contributed by atoms with Crippen LogP contribution < -0.4 is 14.9 Å². The van der Waals surface area contributed by atoms with E-state index >= 15 is 0 Å². The topological polar surface area (TPSA) is 141 Å². The van der Waals surface area contributed by atoms with E-state index in [-0.39, 0.29) is 34.6 Å². The van der Waals surface area contributed by atoms with Crippen LogP contribution in [0.4, 0.5) is 9.59 Å². The van der Waals surface area contributed by atoms with Crippen molar-refractivity contribution in [2.24, 2.45) is 0 Å². The first-order valence-corrected chi connectivity index (χ1v) is 6.79. The summed E-state index contributed by atoms with van der Waals surface area (Å²) in [7, 11) is 0. The van der Waals surface area contributed by atoms with Gasteiger partial charge in [-0.1, -0.05) is 6.08 Å². The SMILES string of the molecule is C=CCn1cc(OC(=O)O)c(=O)c2cc3oc(OC(=O)O)cc3nc21. The molecule has 0 atom stereocenters. The number of ether oxygens (including phenoxy) is 2. The zero-order chi connectivity index (χ0) is 18.1. The molecule has 3 rings (SSSR count). The molecule has 0 aliphatic carbocycles. The summed E-state index contributed by atoms with van der Waals surface area (Å²) in [5, 5.41) is 17.4. The van der Waals surface area contributed by atoms with Gasteiger partial charge in [-0.15, -0.1) is 6.58 Å². The van der Waals surface area contributed by atoms with Gasteiger partial charge in [-0.25, -0.2) is 14.6 Å². The molecule has 0 spiro atoms. The minimum absolute atomic E-state index is 0.0318. The third kappa shape index (κ3) is 3.00. The van der Waals surface area contributed by atoms with Crippen molar-refractivity contribution in [3.63, 3.8) is 0 Å². The number of hydrogen-bond donors (Lipinski definition) is 2. The number of fused-ring (bicyclic) bond motifs is 2. The zero-order valence-electron chi connectivity index (χ0n) is 12.5. The monoisotopic (exact) mass is 346 g/mol. The first-order chi connectivity index (χ1) is 11.9. The molecule has 2 N–H and O–H groups in total. The molecule has 3 aromatic rings. The van der Waals surface area contributed by atoms with Crippen molar-refractivity contribution in [3.05, 3.63) is 41.2 Å². The Morgan fingerprint density at radius 2 is 2.00 bits per heavy atom. The van der Waals surface area contributed by atoms with Crippen molar-refractivity contribution >= 4 is 34.4 Å². The number of allylic oxidation sites excluding steroid dienone is 1. The number of aromatic nitrogens is 2. The average molecular weight is 346 g/mol. The van der Waals surface area contributed by atoms with Gasteiger partial charge in [0.1, 0.15) is 11.2 Å². The number of pyridine rings is 2. The van der Waals surface area contributed by atoms with Gasteiger partial charge in [0, 0.05) is 12.6 Å². The van der Waals surface area contributed by atoms with E-state index in [2.05, 4.69) is 21.0 Å². The van der Waals surface area contributed by atoms with Crippen LogP contribution in [0.1, 0.15) is 0 Å². The fraction of sp³-hybridized carbons (Fsp3) is 0.0667. The Hall–Kier alpha value is -3.82. The van der Waals surface area contributed by atoms with Crippen LogP contribution in [0, 0.1) is 0 Å². The van der Waals surface area contributed by atoms with E-state index in [9.17, 15) is 14.4 Å². The molecule has 0 unspecified atom stereocenters. The van der Waals surface area contributed by atoms with E-state index in [4.69, 9.17) is 14.6 Å². The van der Waals surface area contributed by atoms with E-state index < -0.39 is 23.5 Å². The van der Waals surface area contributed by atoms with Gasteiger partial charge in [-0.3, -0.25) is 4.79 Å². The third-order valence-electron chi connectivity index (χ3n) is 3.18. The highest BCUT2D eigenvalue weighted by molar-refractivity contribution is 5.89. The molecule has 0 fully saturated rings. The molecule has 3 heterocycles. The first-order valence-electron chi connectivity index (χ1n) is 6.79. The molecule has 0 saturated carbocycles. The molecule has 10 heteroatoms. The summed E-state index contributed by atoms with van der Waals surface area (Å²) < 4.78 is 15.6. The molecular weight excluding hydrogens is 336 g/mol. The molecule has 0 bridgehead atoms. The maximum atomic E-state index is 12.4. The lowest BCUT2D eigenvalue weighted by atomic mass is 10.2. The Morgan fingerprint density at radius 3 is 2.64 bits per heavy atom. The van der Waals surface area contributed by atoms with Gasteiger partial charge >= 0.3 is 12.3 Å². The molecule has 3 aromatic heterocycles. The van der Waals surface area contributed by atoms with Crippen LogP contribution in [0.15, 0.2) is 40.2 Å². The lowest BCUT2D eigenvalue weighted by Crippen LogP contribution is -2.16. The molecule has 0 aromatic carbocycles. The van der Waals surface area contributed by atoms with Gasteiger partial charge in [-0.05, 0) is 6.07 Å². The van der Waals surface area contributed by atoms with Gasteiger partial charge < -0.3 is 28.7 Å². The lowest BCUT2D eigenvalue weighted by Gasteiger charge is -2.09. The summed E-state index contributed by atoms with van der Waals surface area (Å²) >= 11 is 0. The number of furan rings is 1. The Balaban J connectivity index is 2.29. The van der Waals surface area contributed by atoms with Crippen LogP contribution in [0.2, 0.25) is 0 Å². The minimum Gasteiger partial charge on any atom is -0.449 e. The van der Waals surface area contributed by atoms with Crippen LogP contribution in [-0.4, -0.2) is 32.1 Å². The molecular formula is C15H10N2O8. The predicted molar refractivity (Wildman–Crippen MR) is 83.3 cm³/mol. The average Bonchev–Trinajstić information content (AvgIpc) is 2.90. The summed E-state index contributed by atoms with van der Waals surface area (Å²) in [4.78, 5) is 38.0. The van der Waals surface area contributed by atoms with Crippen molar-refractivity contribution in [1.29, 1.82) is 0 Å². The van der Waals surface area contributed by atoms with E-state index in [0.29, 0.717) is 0 Å². The van der Waals surface area contributed by atoms with E-state index in [1.54, 1.807) is 0 Å². The van der Waals surface area contributed by atoms with Crippen LogP contribution in [0.25, 0.3) is 22.1 Å². The van der Waals surface area contributed by atoms with Crippen molar-refractivity contribution in [1.82, 2.24) is 9.55 Å². The van der Waals surface area contributed by atoms with Crippen LogP contribution in [0.3, 0.4) is 0 Å². The number of hydrogen-bond acceptors (Lipinski definition) is 7. The summed E-state index contributed by atoms with van der Waals surface area (Å²) in [5.41, 5.74) is -0.131. The van der Waals surface area contributed by atoms with Crippen LogP contribution in [-0.2, 0) is 6.54 Å². The largest absolute Gasteiger partial charge is 0.513 e. The fourth-order valence-electron chi connectivity index (χ4n) is 2.30. The second-order valence-electron chi connectivity index (χ2n) is 4.81. The number of rotatable bonds is 4. The normalized spacial score (nSPS) is 10.7. The standard InChI is InChI=1S/C15H10N2O8/c1-2-3-17-6-10(24-14(19)20)12(18)7-4-9-8(16-13(7)17)5-11(23-9)25-15(21)22/h2,4-6H,1,3H2,(H,19,20)(H,21,22). The summed E-state index contributed by atoms with van der Waals surface area (Å²) in [6, 6.07) is 2.57. The van der Waals surface area contributed by atoms with Gasteiger partial charge in [-0.2, -0.15) is 0 Å². The fourth-order valence-corrected chi connectivity index (χ4v) is 2.30. The second kappa shape index (κ2) is 6.00. The third-order valence-corrected chi connectivity index (χ3v) is 3.18. The zero-order valence-corrected chi connectivity index (χ0v) is 12.5. The summed E-state index contributed by atoms with van der Waals surface area (Å²) in [6.07, 6.45) is -0.472. The highest BCUT2D eigenvalue weighted by Crippen LogP contribution is 2.27. The second-order valence-corrected chi connectivity index (χ2v) is 4.81. The Bertz CT molecular complexity index is 1080. The highest BCUT2D eigenvalue weighted by Gasteiger charge is 2.17. The molecule has 0 aliphatic heterocycles. The molecule has 0 aliphatic rings. The molecule has 0 amide bonds. The van der Waals surface area contributed by atoms with Gasteiger partial charge in [0.2, 0.25) is 5.43 Å². The smallest absolute Gasteiger partial charge is 0.449 e. The number of nitrogens with zero attached hydrogens (tertiary/aromatic N) is 2. The Morgan fingerprint density at radius 1 is 1.28 bits per heavy atom. The quantitative estimate of drug-likeness (QED) is 0.538. The van der Waals surface area contributed by atoms with Crippen LogP contribution in [0.5, 0.6) is 11.7 Å². The van der Waals surface area contributed by atoms with Crippen LogP contribution >= 0.6 is 0 Å². The molecule has 10 nitrogen and oxygen atoms in total. The van der Waals surface area contributed by atoms with Crippen molar-refractivity contribution in [2.45, 2.75) is 6.54 Å². The number of carbonyl (C=O) groups is 2. The van der Waals surface area contributed by atoms with Gasteiger partial charge in [0.05, 0.1) is 11.6 Å². The lowest BCUT2D eigenvalue weighted by molar-refractivity contribution is 0.133. The van der Waals surface area contributed by atoms with Crippen molar-refractivity contribution in [2.75, 3.05) is 0 Å². The van der Waals surface area contributed by atoms with Gasteiger partial charge in [0.15, 0.2) is 11.3 Å². The molecule has 0 radical (unpaired) electrons. The minimum atomic E-state index is -1.63. The van der Waals surface area contributed by atoms with E-state index in [1.807, 2.05) is 0 Å². The molecule has 128 valence electrons. The maximum absolute atomic E-state index is 12.4. The predicted octanol–water partition coefficient (Wildman–Crippen LogP) is 2.44. The molecule has 0 saturated heterocycles. The van der Waals surface area contributed by atoms with E-state index in [0.717, 1.165) is 0 Å². The van der Waals surface area contributed by atoms with Gasteiger partial charge in [0.25, 0.3) is 5.95 Å². The maximum Gasteiger partial charge on any atom is 0.513 e. The number of carboxylic acid groups (broad SMARTS) is 2. The molecule has 25 heavy (non-hydrogen) atoms.